The van der Waals surface area contributed by atoms with Gasteiger partial charge in [-0.1, -0.05) is 303 Å². The van der Waals surface area contributed by atoms with Gasteiger partial charge >= 0.3 is 39.5 Å². The number of hydrogen-bond donors (Lipinski definition) is 3. The summed E-state index contributed by atoms with van der Waals surface area (Å²) >= 11 is 0. The van der Waals surface area contributed by atoms with E-state index in [9.17, 15) is 43.2 Å². The molecule has 0 aliphatic heterocycles. The number of esters is 4. The van der Waals surface area contributed by atoms with Gasteiger partial charge in [0.15, 0.2) is 12.2 Å². The van der Waals surface area contributed by atoms with Gasteiger partial charge in [-0.2, -0.15) is 0 Å². The Balaban J connectivity index is 5.31. The Kier molecular flexibility index (Phi) is 63.7. The van der Waals surface area contributed by atoms with Gasteiger partial charge in [0, 0.05) is 25.7 Å². The van der Waals surface area contributed by atoms with Crippen molar-refractivity contribution < 1.29 is 80.2 Å². The summed E-state index contributed by atoms with van der Waals surface area (Å²) in [5.41, 5.74) is 0. The first kappa shape index (κ1) is 90.5. The summed E-state index contributed by atoms with van der Waals surface area (Å²) in [5, 5.41) is 10.6. The third kappa shape index (κ3) is 66.6. The number of phosphoric acid groups is 2. The molecule has 548 valence electrons. The molecule has 0 rings (SSSR count). The molecular formula is C74H140O17P2. The van der Waals surface area contributed by atoms with Gasteiger partial charge in [0.1, 0.15) is 19.3 Å². The second kappa shape index (κ2) is 65.5. The van der Waals surface area contributed by atoms with Crippen LogP contribution in [0.3, 0.4) is 0 Å². The molecule has 0 aliphatic rings. The van der Waals surface area contributed by atoms with Crippen LogP contribution in [0, 0.1) is 11.8 Å². The molecule has 3 unspecified atom stereocenters. The highest BCUT2D eigenvalue weighted by atomic mass is 31.2. The fourth-order valence-electron chi connectivity index (χ4n) is 10.7. The Labute approximate surface area is 567 Å². The molecule has 0 saturated carbocycles. The number of carbonyl (C=O) groups is 4. The molecule has 0 aromatic heterocycles. The summed E-state index contributed by atoms with van der Waals surface area (Å²) < 4.78 is 68.4. The minimum absolute atomic E-state index is 0.0847. The highest BCUT2D eigenvalue weighted by Gasteiger charge is 2.30. The van der Waals surface area contributed by atoms with Gasteiger partial charge in [0.05, 0.1) is 26.4 Å². The summed E-state index contributed by atoms with van der Waals surface area (Å²) in [7, 11) is -9.92. The zero-order valence-corrected chi connectivity index (χ0v) is 61.8. The molecule has 0 bridgehead atoms. The quantitative estimate of drug-likeness (QED) is 0.0169. The fourth-order valence-corrected chi connectivity index (χ4v) is 12.3. The summed E-state index contributed by atoms with van der Waals surface area (Å²) in [5.74, 6) is -0.616. The van der Waals surface area contributed by atoms with E-state index in [1.54, 1.807) is 0 Å². The van der Waals surface area contributed by atoms with Crippen molar-refractivity contribution in [2.24, 2.45) is 11.8 Å². The van der Waals surface area contributed by atoms with Gasteiger partial charge < -0.3 is 33.8 Å². The average molecular weight is 1360 g/mol. The number of rotatable bonds is 71. The van der Waals surface area contributed by atoms with E-state index in [-0.39, 0.29) is 25.7 Å². The van der Waals surface area contributed by atoms with Crippen molar-refractivity contribution in [3.8, 4) is 0 Å². The maximum atomic E-state index is 13.1. The Morgan fingerprint density at radius 1 is 0.355 bits per heavy atom. The molecular weight excluding hydrogens is 1220 g/mol. The summed E-state index contributed by atoms with van der Waals surface area (Å²) in [6.07, 6.45) is 54.7. The standard InChI is InChI=1S/C74H140O17P2/c1-7-10-12-14-16-18-20-22-23-25-27-33-41-47-53-59-74(79)90-69(62-84-71(76)56-50-44-38-31-29-28-30-36-42-48-54-66(4)5)64-88-92(80,81)86-60-68(75)61-87-93(82,83)89-65-70(63-85-72(77)57-51-45-39-35-34-37-43-49-55-67(6)9-3)91-73(78)58-52-46-40-32-26-24-21-19-17-15-13-11-8-2/h18,20,22-23,66-70,75H,7-17,19,21,24-65H2,1-6H3,(H,80,81)(H,82,83)/b20-18-,23-22-/t67?,68-,69-,70-/m1/s1. The lowest BCUT2D eigenvalue weighted by Crippen LogP contribution is -2.30. The van der Waals surface area contributed by atoms with Crippen molar-refractivity contribution in [1.82, 2.24) is 0 Å². The van der Waals surface area contributed by atoms with Gasteiger partial charge in [-0.3, -0.25) is 37.3 Å². The zero-order valence-electron chi connectivity index (χ0n) is 60.0. The van der Waals surface area contributed by atoms with Gasteiger partial charge in [-0.05, 0) is 63.2 Å². The normalized spacial score (nSPS) is 14.5. The van der Waals surface area contributed by atoms with Crippen LogP contribution in [0.15, 0.2) is 24.3 Å². The first-order valence-electron chi connectivity index (χ1n) is 37.8. The van der Waals surface area contributed by atoms with Crippen molar-refractivity contribution >= 4 is 39.5 Å². The second-order valence-electron chi connectivity index (χ2n) is 26.7. The third-order valence-electron chi connectivity index (χ3n) is 16.9. The maximum absolute atomic E-state index is 13.1. The molecule has 0 fully saturated rings. The molecule has 0 amide bonds. The first-order valence-corrected chi connectivity index (χ1v) is 40.8. The molecule has 3 N–H and O–H groups in total. The molecule has 19 heteroatoms. The number of allylic oxidation sites excluding steroid dienone is 4. The van der Waals surface area contributed by atoms with Crippen LogP contribution in [-0.2, 0) is 65.4 Å². The van der Waals surface area contributed by atoms with Gasteiger partial charge in [0.25, 0.3) is 0 Å². The number of aliphatic hydroxyl groups excluding tert-OH is 1. The Morgan fingerprint density at radius 2 is 0.634 bits per heavy atom. The smallest absolute Gasteiger partial charge is 0.462 e. The molecule has 93 heavy (non-hydrogen) atoms. The molecule has 17 nitrogen and oxygen atoms in total. The highest BCUT2D eigenvalue weighted by molar-refractivity contribution is 7.47. The molecule has 0 aliphatic carbocycles. The number of carbonyl (C=O) groups excluding carboxylic acids is 4. The highest BCUT2D eigenvalue weighted by Crippen LogP contribution is 2.45. The van der Waals surface area contributed by atoms with Gasteiger partial charge in [-0.15, -0.1) is 0 Å². The largest absolute Gasteiger partial charge is 0.472 e. The minimum Gasteiger partial charge on any atom is -0.462 e. The Morgan fingerprint density at radius 3 is 0.968 bits per heavy atom. The Bertz CT molecular complexity index is 1900. The second-order valence-corrected chi connectivity index (χ2v) is 29.6. The number of unbranched alkanes of at least 4 members (excludes halogenated alkanes) is 37. The van der Waals surface area contributed by atoms with Crippen molar-refractivity contribution in [1.29, 1.82) is 0 Å². The predicted octanol–water partition coefficient (Wildman–Crippen LogP) is 21.1. The van der Waals surface area contributed by atoms with Crippen molar-refractivity contribution in [2.45, 2.75) is 374 Å². The number of ether oxygens (including phenoxy) is 4. The SMILES string of the molecule is CCCCCC/C=C\C=C/CCCCCCCC(=O)O[C@H](COC(=O)CCCCCCCCCCCCC(C)C)COP(=O)(O)OC[C@@H](O)COP(=O)(O)OC[C@@H](COC(=O)CCCCCCCCCCC(C)CC)OC(=O)CCCCCCCCCCCCCCC. The lowest BCUT2D eigenvalue weighted by molar-refractivity contribution is -0.161. The van der Waals surface area contributed by atoms with E-state index in [0.717, 1.165) is 115 Å². The lowest BCUT2D eigenvalue weighted by Gasteiger charge is -2.21. The van der Waals surface area contributed by atoms with Crippen LogP contribution in [0.5, 0.6) is 0 Å². The van der Waals surface area contributed by atoms with Gasteiger partial charge in [0.2, 0.25) is 0 Å². The monoisotopic (exact) mass is 1360 g/mol. The van der Waals surface area contributed by atoms with E-state index in [1.807, 2.05) is 0 Å². The van der Waals surface area contributed by atoms with Crippen molar-refractivity contribution in [3.63, 3.8) is 0 Å². The lowest BCUT2D eigenvalue weighted by atomic mass is 9.99. The number of hydrogen-bond acceptors (Lipinski definition) is 15. The van der Waals surface area contributed by atoms with Crippen LogP contribution in [0.4, 0.5) is 0 Å². The van der Waals surface area contributed by atoms with Crippen molar-refractivity contribution in [2.75, 3.05) is 39.6 Å². The van der Waals surface area contributed by atoms with Crippen molar-refractivity contribution in [3.05, 3.63) is 24.3 Å². The van der Waals surface area contributed by atoms with Gasteiger partial charge in [-0.25, -0.2) is 9.13 Å². The van der Waals surface area contributed by atoms with Crippen LogP contribution in [-0.4, -0.2) is 96.7 Å². The molecule has 0 heterocycles. The van der Waals surface area contributed by atoms with E-state index < -0.39 is 97.5 Å². The zero-order chi connectivity index (χ0) is 68.6. The molecule has 0 aromatic rings. The summed E-state index contributed by atoms with van der Waals surface area (Å²) in [6, 6.07) is 0. The van der Waals surface area contributed by atoms with Crippen LogP contribution in [0.1, 0.15) is 356 Å². The minimum atomic E-state index is -4.96. The number of aliphatic hydroxyl groups is 1. The van der Waals surface area contributed by atoms with E-state index in [1.165, 1.54) is 161 Å². The molecule has 0 radical (unpaired) electrons. The summed E-state index contributed by atoms with van der Waals surface area (Å²) in [6.45, 7) is 9.51. The molecule has 6 atom stereocenters. The Hall–Kier alpha value is -2.46. The average Bonchev–Trinajstić information content (AvgIpc) is 2.75. The molecule has 0 saturated heterocycles. The van der Waals surface area contributed by atoms with Crippen LogP contribution >= 0.6 is 15.6 Å². The van der Waals surface area contributed by atoms with Crippen LogP contribution in [0.2, 0.25) is 0 Å². The molecule has 0 aromatic carbocycles. The van der Waals surface area contributed by atoms with Crippen LogP contribution < -0.4 is 0 Å². The first-order chi connectivity index (χ1) is 44.9. The predicted molar refractivity (Wildman–Crippen MR) is 377 cm³/mol. The van der Waals surface area contributed by atoms with E-state index in [2.05, 4.69) is 65.8 Å². The van der Waals surface area contributed by atoms with E-state index in [4.69, 9.17) is 37.0 Å². The number of phosphoric ester groups is 2. The fraction of sp³-hybridized carbons (Fsp3) is 0.892. The topological polar surface area (TPSA) is 237 Å². The molecule has 0 spiro atoms. The maximum Gasteiger partial charge on any atom is 0.472 e. The summed E-state index contributed by atoms with van der Waals surface area (Å²) in [4.78, 5) is 72.7. The third-order valence-corrected chi connectivity index (χ3v) is 18.8. The van der Waals surface area contributed by atoms with Crippen LogP contribution in [0.25, 0.3) is 0 Å². The van der Waals surface area contributed by atoms with E-state index >= 15 is 0 Å². The van der Waals surface area contributed by atoms with E-state index in [0.29, 0.717) is 25.7 Å².